The Balaban J connectivity index is 1.88. The molecule has 188 valence electrons. The minimum atomic E-state index is -5.06. The SMILES string of the molecule is Cc1cc(-c2nc3cccnn3c2-c2ccnc(N(CCC(C)(C)C)C(=O)C(F)(F)F)c2)ccc1F. The van der Waals surface area contributed by atoms with E-state index in [9.17, 15) is 22.4 Å². The van der Waals surface area contributed by atoms with E-state index < -0.39 is 12.1 Å². The van der Waals surface area contributed by atoms with Crippen LogP contribution in [0.2, 0.25) is 0 Å². The van der Waals surface area contributed by atoms with Gasteiger partial charge in [-0.05, 0) is 66.8 Å². The first-order chi connectivity index (χ1) is 16.8. The molecule has 0 aliphatic rings. The number of hydrogen-bond donors (Lipinski definition) is 0. The summed E-state index contributed by atoms with van der Waals surface area (Å²) < 4.78 is 55.9. The van der Waals surface area contributed by atoms with Gasteiger partial charge in [0, 0.05) is 30.1 Å². The molecule has 0 fully saturated rings. The van der Waals surface area contributed by atoms with Crippen LogP contribution in [0.4, 0.5) is 23.4 Å². The molecule has 1 aromatic carbocycles. The van der Waals surface area contributed by atoms with Gasteiger partial charge in [-0.15, -0.1) is 0 Å². The molecule has 0 saturated carbocycles. The average Bonchev–Trinajstić information content (AvgIpc) is 3.19. The Morgan fingerprint density at radius 3 is 2.44 bits per heavy atom. The van der Waals surface area contributed by atoms with Gasteiger partial charge in [0.1, 0.15) is 17.3 Å². The molecule has 0 atom stereocenters. The maximum absolute atomic E-state index is 13.9. The third-order valence-electron chi connectivity index (χ3n) is 5.69. The maximum Gasteiger partial charge on any atom is 0.471 e. The second-order valence-corrected chi connectivity index (χ2v) is 9.73. The molecule has 36 heavy (non-hydrogen) atoms. The van der Waals surface area contributed by atoms with Gasteiger partial charge >= 0.3 is 12.1 Å². The molecule has 0 N–H and O–H groups in total. The summed E-state index contributed by atoms with van der Waals surface area (Å²) in [6, 6.07) is 11.0. The standard InChI is InChI=1S/C26H25F4N5O/c1-16-14-17(7-8-19(16)27)22-23(35-20(33-22)6-5-11-32-35)18-9-12-31-21(15-18)34(13-10-25(2,3)4)24(36)26(28,29)30/h5-9,11-12,14-15H,10,13H2,1-4H3. The first-order valence-electron chi connectivity index (χ1n) is 11.3. The van der Waals surface area contributed by atoms with Crippen molar-refractivity contribution in [2.24, 2.45) is 5.41 Å². The van der Waals surface area contributed by atoms with Crippen LogP contribution < -0.4 is 4.90 Å². The van der Waals surface area contributed by atoms with Crippen LogP contribution >= 0.6 is 0 Å². The minimum absolute atomic E-state index is 0.133. The van der Waals surface area contributed by atoms with E-state index in [-0.39, 0.29) is 23.6 Å². The summed E-state index contributed by atoms with van der Waals surface area (Å²) in [4.78, 5) is 21.7. The Morgan fingerprint density at radius 2 is 1.78 bits per heavy atom. The van der Waals surface area contributed by atoms with Crippen LogP contribution in [0.1, 0.15) is 32.8 Å². The van der Waals surface area contributed by atoms with Crippen LogP contribution in [-0.2, 0) is 4.79 Å². The molecule has 1 amide bonds. The Kier molecular flexibility index (Phi) is 6.55. The van der Waals surface area contributed by atoms with Gasteiger partial charge in [-0.2, -0.15) is 18.3 Å². The van der Waals surface area contributed by atoms with Crippen LogP contribution in [0.3, 0.4) is 0 Å². The molecule has 0 radical (unpaired) electrons. The van der Waals surface area contributed by atoms with E-state index in [4.69, 9.17) is 0 Å². The molecule has 6 nitrogen and oxygen atoms in total. The largest absolute Gasteiger partial charge is 0.471 e. The van der Waals surface area contributed by atoms with Crippen molar-refractivity contribution in [2.45, 2.75) is 40.3 Å². The van der Waals surface area contributed by atoms with Crippen molar-refractivity contribution in [1.82, 2.24) is 19.6 Å². The summed E-state index contributed by atoms with van der Waals surface area (Å²) in [6.45, 7) is 7.12. The predicted molar refractivity (Wildman–Crippen MR) is 129 cm³/mol. The molecule has 0 unspecified atom stereocenters. The lowest BCUT2D eigenvalue weighted by Gasteiger charge is -2.27. The van der Waals surface area contributed by atoms with Crippen molar-refractivity contribution in [1.29, 1.82) is 0 Å². The van der Waals surface area contributed by atoms with Crippen LogP contribution in [-0.4, -0.2) is 38.2 Å². The number of amides is 1. The zero-order valence-electron chi connectivity index (χ0n) is 20.3. The number of halogens is 4. The zero-order chi connectivity index (χ0) is 26.3. The normalized spacial score (nSPS) is 12.2. The fourth-order valence-electron chi connectivity index (χ4n) is 3.77. The van der Waals surface area contributed by atoms with Crippen LogP contribution in [0.25, 0.3) is 28.2 Å². The fraction of sp³-hybridized carbons (Fsp3) is 0.308. The molecule has 0 aliphatic heterocycles. The monoisotopic (exact) mass is 499 g/mol. The highest BCUT2D eigenvalue weighted by Crippen LogP contribution is 2.35. The van der Waals surface area contributed by atoms with Crippen LogP contribution in [0.15, 0.2) is 54.9 Å². The van der Waals surface area contributed by atoms with Crippen molar-refractivity contribution in [3.63, 3.8) is 0 Å². The van der Waals surface area contributed by atoms with Crippen molar-refractivity contribution in [3.05, 3.63) is 66.2 Å². The lowest BCUT2D eigenvalue weighted by atomic mass is 9.92. The summed E-state index contributed by atoms with van der Waals surface area (Å²) in [5, 5.41) is 4.36. The minimum Gasteiger partial charge on any atom is -0.289 e. The van der Waals surface area contributed by atoms with E-state index >= 15 is 0 Å². The van der Waals surface area contributed by atoms with Gasteiger partial charge in [-0.3, -0.25) is 9.69 Å². The molecule has 0 saturated heterocycles. The van der Waals surface area contributed by atoms with Gasteiger partial charge in [0.05, 0.1) is 5.69 Å². The third-order valence-corrected chi connectivity index (χ3v) is 5.69. The summed E-state index contributed by atoms with van der Waals surface area (Å²) in [5.74, 6) is -2.48. The number of aromatic nitrogens is 4. The third kappa shape index (κ3) is 5.22. The highest BCUT2D eigenvalue weighted by atomic mass is 19.4. The van der Waals surface area contributed by atoms with Crippen molar-refractivity contribution in [3.8, 4) is 22.5 Å². The van der Waals surface area contributed by atoms with Crippen LogP contribution in [0.5, 0.6) is 0 Å². The molecule has 0 aliphatic carbocycles. The number of nitrogens with zero attached hydrogens (tertiary/aromatic N) is 5. The van der Waals surface area contributed by atoms with E-state index in [0.29, 0.717) is 45.0 Å². The summed E-state index contributed by atoms with van der Waals surface area (Å²) in [6.07, 6.45) is -1.82. The van der Waals surface area contributed by atoms with Gasteiger partial charge in [-0.25, -0.2) is 18.9 Å². The lowest BCUT2D eigenvalue weighted by Crippen LogP contribution is -2.43. The first kappa shape index (κ1) is 25.3. The fourth-order valence-corrected chi connectivity index (χ4v) is 3.77. The number of benzene rings is 1. The highest BCUT2D eigenvalue weighted by molar-refractivity contribution is 5.97. The molecule has 10 heteroatoms. The van der Waals surface area contributed by atoms with E-state index in [1.807, 2.05) is 20.8 Å². The predicted octanol–water partition coefficient (Wildman–Crippen LogP) is 6.24. The molecular formula is C26H25F4N5O. The Morgan fingerprint density at radius 1 is 1.03 bits per heavy atom. The first-order valence-corrected chi connectivity index (χ1v) is 11.3. The second-order valence-electron chi connectivity index (χ2n) is 9.73. The summed E-state index contributed by atoms with van der Waals surface area (Å²) >= 11 is 0. The number of fused-ring (bicyclic) bond motifs is 1. The van der Waals surface area contributed by atoms with Gasteiger partial charge in [0.25, 0.3) is 0 Å². The van der Waals surface area contributed by atoms with E-state index in [2.05, 4.69) is 15.1 Å². The van der Waals surface area contributed by atoms with Gasteiger partial charge in [0.15, 0.2) is 5.65 Å². The van der Waals surface area contributed by atoms with Gasteiger partial charge in [0.2, 0.25) is 0 Å². The number of imidazole rings is 1. The lowest BCUT2D eigenvalue weighted by molar-refractivity contribution is -0.170. The van der Waals surface area contributed by atoms with E-state index in [0.717, 1.165) is 0 Å². The maximum atomic E-state index is 13.9. The zero-order valence-corrected chi connectivity index (χ0v) is 20.3. The molecule has 3 heterocycles. The quantitative estimate of drug-likeness (QED) is 0.305. The van der Waals surface area contributed by atoms with Crippen molar-refractivity contribution >= 4 is 17.4 Å². The van der Waals surface area contributed by atoms with Crippen molar-refractivity contribution < 1.29 is 22.4 Å². The van der Waals surface area contributed by atoms with Crippen LogP contribution in [0, 0.1) is 18.2 Å². The van der Waals surface area contributed by atoms with E-state index in [1.54, 1.807) is 48.0 Å². The molecule has 4 aromatic rings. The Bertz CT molecular complexity index is 1420. The summed E-state index contributed by atoms with van der Waals surface area (Å²) in [7, 11) is 0. The number of rotatable bonds is 5. The Hall–Kier alpha value is -3.82. The Labute approximate surface area is 205 Å². The smallest absolute Gasteiger partial charge is 0.289 e. The number of carbonyl (C=O) groups excluding carboxylic acids is 1. The number of pyridine rings is 1. The topological polar surface area (TPSA) is 63.4 Å². The molecule has 4 rings (SSSR count). The number of aryl methyl sites for hydroxylation is 1. The number of hydrogen-bond acceptors (Lipinski definition) is 4. The number of carbonyl (C=O) groups is 1. The van der Waals surface area contributed by atoms with Crippen molar-refractivity contribution in [2.75, 3.05) is 11.4 Å². The van der Waals surface area contributed by atoms with Gasteiger partial charge in [-0.1, -0.05) is 20.8 Å². The molecule has 0 bridgehead atoms. The number of anilines is 1. The number of alkyl halides is 3. The average molecular weight is 500 g/mol. The molecular weight excluding hydrogens is 474 g/mol. The highest BCUT2D eigenvalue weighted by Gasteiger charge is 2.43. The summed E-state index contributed by atoms with van der Waals surface area (Å²) in [5.41, 5.74) is 2.64. The van der Waals surface area contributed by atoms with Gasteiger partial charge < -0.3 is 0 Å². The second kappa shape index (κ2) is 9.33. The molecule has 3 aromatic heterocycles. The van der Waals surface area contributed by atoms with E-state index in [1.165, 1.54) is 18.3 Å². The molecule has 0 spiro atoms.